The van der Waals surface area contributed by atoms with Crippen LogP contribution in [-0.4, -0.2) is 19.6 Å². The molecular formula is C13H22IN3. The van der Waals surface area contributed by atoms with Crippen molar-refractivity contribution in [1.29, 1.82) is 0 Å². The van der Waals surface area contributed by atoms with E-state index < -0.39 is 0 Å². The second kappa shape index (κ2) is 10.4. The maximum Gasteiger partial charge on any atom is 0.191 e. The van der Waals surface area contributed by atoms with Gasteiger partial charge in [0.1, 0.15) is 0 Å². The number of hydrogen-bond donors (Lipinski definition) is 2. The Hall–Kier alpha value is -0.780. The Balaban J connectivity index is 0.00000256. The summed E-state index contributed by atoms with van der Waals surface area (Å²) in [6.07, 6.45) is 2.37. The zero-order valence-electron chi connectivity index (χ0n) is 10.6. The number of guanidine groups is 1. The van der Waals surface area contributed by atoms with Crippen molar-refractivity contribution in [3.05, 3.63) is 35.9 Å². The first kappa shape index (κ1) is 16.2. The molecule has 1 rings (SSSR count). The average molecular weight is 347 g/mol. The van der Waals surface area contributed by atoms with E-state index in [4.69, 9.17) is 0 Å². The van der Waals surface area contributed by atoms with Crippen LogP contribution in [0.2, 0.25) is 0 Å². The summed E-state index contributed by atoms with van der Waals surface area (Å²) < 4.78 is 0. The molecule has 2 N–H and O–H groups in total. The van der Waals surface area contributed by atoms with E-state index in [1.807, 2.05) is 18.2 Å². The summed E-state index contributed by atoms with van der Waals surface area (Å²) in [7, 11) is 1.80. The molecule has 96 valence electrons. The minimum Gasteiger partial charge on any atom is -0.356 e. The van der Waals surface area contributed by atoms with Gasteiger partial charge in [-0.3, -0.25) is 4.99 Å². The van der Waals surface area contributed by atoms with E-state index in [9.17, 15) is 0 Å². The highest BCUT2D eigenvalue weighted by atomic mass is 127. The van der Waals surface area contributed by atoms with Gasteiger partial charge in [0.15, 0.2) is 5.96 Å². The number of nitrogens with zero attached hydrogens (tertiary/aromatic N) is 1. The molecule has 0 aliphatic carbocycles. The van der Waals surface area contributed by atoms with E-state index in [0.717, 1.165) is 19.0 Å². The van der Waals surface area contributed by atoms with Crippen molar-refractivity contribution in [3.8, 4) is 0 Å². The number of hydrogen-bond acceptors (Lipinski definition) is 1. The molecule has 0 amide bonds. The van der Waals surface area contributed by atoms with Gasteiger partial charge in [0.05, 0.1) is 0 Å². The van der Waals surface area contributed by atoms with E-state index in [-0.39, 0.29) is 24.0 Å². The maximum atomic E-state index is 4.17. The number of aliphatic imine (C=N–C) groups is 1. The number of rotatable bonds is 5. The van der Waals surface area contributed by atoms with Crippen LogP contribution in [0.15, 0.2) is 35.3 Å². The highest BCUT2D eigenvalue weighted by Gasteiger charge is 1.96. The van der Waals surface area contributed by atoms with Gasteiger partial charge in [0.25, 0.3) is 0 Å². The van der Waals surface area contributed by atoms with Crippen molar-refractivity contribution < 1.29 is 0 Å². The quantitative estimate of drug-likeness (QED) is 0.372. The molecule has 0 aliphatic heterocycles. The van der Waals surface area contributed by atoms with E-state index >= 15 is 0 Å². The number of benzene rings is 1. The van der Waals surface area contributed by atoms with Crippen LogP contribution in [0.25, 0.3) is 0 Å². The first-order valence-electron chi connectivity index (χ1n) is 5.85. The van der Waals surface area contributed by atoms with Gasteiger partial charge >= 0.3 is 0 Å². The van der Waals surface area contributed by atoms with Crippen LogP contribution in [0.1, 0.15) is 25.3 Å². The van der Waals surface area contributed by atoms with Crippen LogP contribution in [0, 0.1) is 0 Å². The Kier molecular flexibility index (Phi) is 9.90. The monoisotopic (exact) mass is 347 g/mol. The number of halogens is 1. The molecule has 0 radical (unpaired) electrons. The molecule has 0 aliphatic rings. The summed E-state index contributed by atoms with van der Waals surface area (Å²) in [5.74, 6) is 0.873. The number of unbranched alkanes of at least 4 members (excludes halogenated alkanes) is 1. The molecule has 0 saturated heterocycles. The molecule has 0 saturated carbocycles. The fraction of sp³-hybridized carbons (Fsp3) is 0.462. The average Bonchev–Trinajstić information content (AvgIpc) is 2.35. The summed E-state index contributed by atoms with van der Waals surface area (Å²) in [6.45, 7) is 3.97. The molecule has 0 atom stereocenters. The van der Waals surface area contributed by atoms with Crippen molar-refractivity contribution in [2.45, 2.75) is 26.3 Å². The van der Waals surface area contributed by atoms with Crippen LogP contribution in [0.5, 0.6) is 0 Å². The third-order valence-electron chi connectivity index (χ3n) is 2.35. The van der Waals surface area contributed by atoms with Gasteiger partial charge in [-0.25, -0.2) is 0 Å². The molecule has 4 heteroatoms. The molecule has 0 heterocycles. The second-order valence-corrected chi connectivity index (χ2v) is 3.69. The summed E-state index contributed by atoms with van der Waals surface area (Å²) in [4.78, 5) is 4.17. The minimum absolute atomic E-state index is 0. The zero-order chi connectivity index (χ0) is 11.6. The summed E-state index contributed by atoms with van der Waals surface area (Å²) >= 11 is 0. The molecule has 0 unspecified atom stereocenters. The fourth-order valence-electron chi connectivity index (χ4n) is 1.39. The predicted octanol–water partition coefficient (Wildman–Crippen LogP) is 2.77. The van der Waals surface area contributed by atoms with Crippen molar-refractivity contribution in [1.82, 2.24) is 10.6 Å². The lowest BCUT2D eigenvalue weighted by atomic mass is 10.2. The first-order valence-corrected chi connectivity index (χ1v) is 5.85. The smallest absolute Gasteiger partial charge is 0.191 e. The van der Waals surface area contributed by atoms with E-state index in [1.165, 1.54) is 18.4 Å². The maximum absolute atomic E-state index is 4.17. The minimum atomic E-state index is 0. The lowest BCUT2D eigenvalue weighted by Crippen LogP contribution is -2.37. The molecule has 0 aromatic heterocycles. The van der Waals surface area contributed by atoms with E-state index in [2.05, 4.69) is 34.7 Å². The highest BCUT2D eigenvalue weighted by molar-refractivity contribution is 14.0. The Bertz CT molecular complexity index is 312. The van der Waals surface area contributed by atoms with Gasteiger partial charge < -0.3 is 10.6 Å². The number of nitrogens with one attached hydrogen (secondary N) is 2. The summed E-state index contributed by atoms with van der Waals surface area (Å²) in [5.41, 5.74) is 1.26. The molecule has 1 aromatic rings. The fourth-order valence-corrected chi connectivity index (χ4v) is 1.39. The van der Waals surface area contributed by atoms with Crippen molar-refractivity contribution in [2.24, 2.45) is 4.99 Å². The molecule has 17 heavy (non-hydrogen) atoms. The van der Waals surface area contributed by atoms with Crippen LogP contribution >= 0.6 is 24.0 Å². The van der Waals surface area contributed by atoms with Gasteiger partial charge in [-0.2, -0.15) is 0 Å². The van der Waals surface area contributed by atoms with Gasteiger partial charge in [-0.1, -0.05) is 43.7 Å². The van der Waals surface area contributed by atoms with Crippen LogP contribution in [0.3, 0.4) is 0 Å². The Morgan fingerprint density at radius 2 is 1.88 bits per heavy atom. The topological polar surface area (TPSA) is 36.4 Å². The SMILES string of the molecule is CCCCNC(=NC)NCc1ccccc1.I. The largest absolute Gasteiger partial charge is 0.356 e. The summed E-state index contributed by atoms with van der Waals surface area (Å²) in [5, 5.41) is 6.56. The van der Waals surface area contributed by atoms with Gasteiger partial charge in [-0.15, -0.1) is 24.0 Å². The third-order valence-corrected chi connectivity index (χ3v) is 2.35. The van der Waals surface area contributed by atoms with Gasteiger partial charge in [-0.05, 0) is 12.0 Å². The van der Waals surface area contributed by atoms with Crippen molar-refractivity contribution >= 4 is 29.9 Å². The van der Waals surface area contributed by atoms with Gasteiger partial charge in [0, 0.05) is 20.1 Å². The lowest BCUT2D eigenvalue weighted by molar-refractivity contribution is 0.729. The van der Waals surface area contributed by atoms with E-state index in [1.54, 1.807) is 7.05 Å². The first-order chi connectivity index (χ1) is 7.86. The molecule has 0 spiro atoms. The van der Waals surface area contributed by atoms with Crippen LogP contribution < -0.4 is 10.6 Å². The Labute approximate surface area is 121 Å². The Morgan fingerprint density at radius 1 is 1.18 bits per heavy atom. The zero-order valence-corrected chi connectivity index (χ0v) is 12.9. The lowest BCUT2D eigenvalue weighted by Gasteiger charge is -2.11. The normalized spacial score (nSPS) is 10.6. The predicted molar refractivity (Wildman–Crippen MR) is 85.0 cm³/mol. The molecule has 0 fully saturated rings. The third kappa shape index (κ3) is 7.20. The van der Waals surface area contributed by atoms with Crippen LogP contribution in [-0.2, 0) is 6.54 Å². The van der Waals surface area contributed by atoms with Gasteiger partial charge in [0.2, 0.25) is 0 Å². The molecular weight excluding hydrogens is 325 g/mol. The van der Waals surface area contributed by atoms with Crippen molar-refractivity contribution in [3.63, 3.8) is 0 Å². The van der Waals surface area contributed by atoms with Crippen LogP contribution in [0.4, 0.5) is 0 Å². The molecule has 3 nitrogen and oxygen atoms in total. The standard InChI is InChI=1S/C13H21N3.HI/c1-3-4-10-15-13(14-2)16-11-12-8-6-5-7-9-12;/h5-9H,3-4,10-11H2,1-2H3,(H2,14,15,16);1H. The van der Waals surface area contributed by atoms with E-state index in [0.29, 0.717) is 0 Å². The molecule has 0 bridgehead atoms. The highest BCUT2D eigenvalue weighted by Crippen LogP contribution is 1.96. The second-order valence-electron chi connectivity index (χ2n) is 3.69. The van der Waals surface area contributed by atoms with Crippen molar-refractivity contribution in [2.75, 3.05) is 13.6 Å². The summed E-state index contributed by atoms with van der Waals surface area (Å²) in [6, 6.07) is 10.3. The molecule has 1 aromatic carbocycles. The Morgan fingerprint density at radius 3 is 2.47 bits per heavy atom.